The van der Waals surface area contributed by atoms with E-state index in [2.05, 4.69) is 26.3 Å². The average Bonchev–Trinajstić information content (AvgIpc) is 3.54. The summed E-state index contributed by atoms with van der Waals surface area (Å²) in [5.74, 6) is 0.242. The number of alkyl halides is 2. The molecule has 1 saturated carbocycles. The van der Waals surface area contributed by atoms with Crippen molar-refractivity contribution in [1.29, 1.82) is 0 Å². The van der Waals surface area contributed by atoms with Crippen molar-refractivity contribution >= 4 is 33.2 Å². The molecule has 1 aromatic heterocycles. The van der Waals surface area contributed by atoms with Crippen molar-refractivity contribution in [2.75, 3.05) is 5.32 Å². The van der Waals surface area contributed by atoms with Gasteiger partial charge < -0.3 is 10.1 Å². The number of aryl methyl sites for hydroxylation is 2. The Morgan fingerprint density at radius 3 is 2.60 bits per heavy atom. The molecule has 0 aliphatic heterocycles. The van der Waals surface area contributed by atoms with Crippen LogP contribution in [0.3, 0.4) is 0 Å². The lowest BCUT2D eigenvalue weighted by Gasteiger charge is -2.13. The zero-order valence-electron chi connectivity index (χ0n) is 19.3. The third-order valence-electron chi connectivity index (χ3n) is 5.80. The zero-order chi connectivity index (χ0) is 25.4. The van der Waals surface area contributed by atoms with Gasteiger partial charge >= 0.3 is 0 Å². The maximum atomic E-state index is 13.3. The maximum absolute atomic E-state index is 13.3. The Bertz CT molecular complexity index is 1320. The summed E-state index contributed by atoms with van der Waals surface area (Å²) in [6.07, 6.45) is -1.12. The monoisotopic (exact) mass is 548 g/mol. The Labute approximate surface area is 208 Å². The topological polar surface area (TPSA) is 99.3 Å². The second-order valence-corrected chi connectivity index (χ2v) is 9.44. The lowest BCUT2D eigenvalue weighted by atomic mass is 10.1. The van der Waals surface area contributed by atoms with E-state index in [9.17, 15) is 23.7 Å². The van der Waals surface area contributed by atoms with E-state index in [1.165, 1.54) is 22.9 Å². The first-order valence-electron chi connectivity index (χ1n) is 10.9. The highest BCUT2D eigenvalue weighted by molar-refractivity contribution is 9.10. The molecule has 0 radical (unpaired) electrons. The Balaban J connectivity index is 1.59. The number of hydrogen-bond acceptors (Lipinski definition) is 5. The fourth-order valence-corrected chi connectivity index (χ4v) is 4.65. The molecule has 11 heteroatoms. The molecular formula is C24H23BrF2N4O4. The van der Waals surface area contributed by atoms with Gasteiger partial charge in [0, 0.05) is 18.1 Å². The molecule has 0 saturated heterocycles. The number of benzene rings is 2. The van der Waals surface area contributed by atoms with E-state index in [4.69, 9.17) is 4.74 Å². The molecule has 0 atom stereocenters. The zero-order valence-corrected chi connectivity index (χ0v) is 20.9. The van der Waals surface area contributed by atoms with Gasteiger partial charge in [-0.3, -0.25) is 19.6 Å². The van der Waals surface area contributed by atoms with Gasteiger partial charge in [-0.25, -0.2) is 8.78 Å². The molecule has 8 nitrogen and oxygen atoms in total. The first-order chi connectivity index (χ1) is 16.5. The van der Waals surface area contributed by atoms with Crippen LogP contribution in [0.5, 0.6) is 11.5 Å². The Kier molecular flexibility index (Phi) is 6.88. The first kappa shape index (κ1) is 24.8. The summed E-state index contributed by atoms with van der Waals surface area (Å²) in [7, 11) is 0. The van der Waals surface area contributed by atoms with Gasteiger partial charge in [-0.1, -0.05) is 6.07 Å². The number of aromatic nitrogens is 2. The van der Waals surface area contributed by atoms with Crippen molar-refractivity contribution in [2.45, 2.75) is 52.5 Å². The predicted octanol–water partition coefficient (Wildman–Crippen LogP) is 6.73. The highest BCUT2D eigenvalue weighted by atomic mass is 79.9. The number of hydrogen-bond donors (Lipinski definition) is 1. The van der Waals surface area contributed by atoms with Crippen LogP contribution in [0.1, 0.15) is 53.3 Å². The van der Waals surface area contributed by atoms with Crippen LogP contribution in [0, 0.1) is 30.9 Å². The van der Waals surface area contributed by atoms with E-state index in [1.54, 1.807) is 0 Å². The highest BCUT2D eigenvalue weighted by Crippen LogP contribution is 2.45. The fraction of sp³-hybridized carbons (Fsp3) is 0.333. The number of nitro benzene ring substituents is 1. The molecule has 184 valence electrons. The van der Waals surface area contributed by atoms with Crippen molar-refractivity contribution in [2.24, 2.45) is 0 Å². The molecule has 0 unspecified atom stereocenters. The Morgan fingerprint density at radius 2 is 1.97 bits per heavy atom. The van der Waals surface area contributed by atoms with Gasteiger partial charge in [0.1, 0.15) is 23.7 Å². The summed E-state index contributed by atoms with van der Waals surface area (Å²) in [6, 6.07) is 7.80. The lowest BCUT2D eigenvalue weighted by molar-refractivity contribution is -0.384. The largest absolute Gasteiger partial charge is 0.457 e. The van der Waals surface area contributed by atoms with E-state index in [0.29, 0.717) is 11.4 Å². The van der Waals surface area contributed by atoms with E-state index in [-0.39, 0.29) is 34.1 Å². The molecule has 1 fully saturated rings. The number of amides is 1. The smallest absolute Gasteiger partial charge is 0.283 e. The Hall–Kier alpha value is -3.34. The third-order valence-corrected chi connectivity index (χ3v) is 6.61. The third kappa shape index (κ3) is 5.50. The second-order valence-electron chi connectivity index (χ2n) is 8.64. The molecule has 0 spiro atoms. The van der Waals surface area contributed by atoms with Crippen molar-refractivity contribution in [3.05, 3.63) is 73.0 Å². The molecule has 2 aromatic carbocycles. The Morgan fingerprint density at radius 1 is 1.26 bits per heavy atom. The maximum Gasteiger partial charge on any atom is 0.283 e. The van der Waals surface area contributed by atoms with E-state index >= 15 is 0 Å². The number of nitro groups is 1. The standard InChI is InChI=1S/C24H23BrF2N4O4/c1-12-6-13(2)14(3)19(7-12)35-18-9-16(8-17(10-18)31(33)34)28-20(32)11-30-23(15-4-5-15)21(25)22(29-30)24(26)27/h6-10,15,24H,4-5,11H2,1-3H3,(H,28,32). The molecule has 1 heterocycles. The number of rotatable bonds is 8. The van der Waals surface area contributed by atoms with Crippen LogP contribution < -0.4 is 10.1 Å². The van der Waals surface area contributed by atoms with Crippen molar-refractivity contribution in [3.63, 3.8) is 0 Å². The molecule has 1 aliphatic carbocycles. The molecule has 4 rings (SSSR count). The number of anilines is 1. The summed E-state index contributed by atoms with van der Waals surface area (Å²) in [4.78, 5) is 23.7. The van der Waals surface area contributed by atoms with Crippen molar-refractivity contribution in [1.82, 2.24) is 9.78 Å². The van der Waals surface area contributed by atoms with Gasteiger partial charge in [-0.05, 0) is 72.3 Å². The number of ether oxygens (including phenoxy) is 1. The highest BCUT2D eigenvalue weighted by Gasteiger charge is 2.34. The minimum atomic E-state index is -2.78. The van der Waals surface area contributed by atoms with Gasteiger partial charge in [0.2, 0.25) is 5.91 Å². The molecule has 35 heavy (non-hydrogen) atoms. The van der Waals surface area contributed by atoms with Crippen LogP contribution in [0.4, 0.5) is 20.2 Å². The summed E-state index contributed by atoms with van der Waals surface area (Å²) >= 11 is 3.20. The number of carbonyl (C=O) groups is 1. The van der Waals surface area contributed by atoms with Crippen LogP contribution in [-0.2, 0) is 11.3 Å². The van der Waals surface area contributed by atoms with Crippen molar-refractivity contribution in [3.8, 4) is 11.5 Å². The van der Waals surface area contributed by atoms with Gasteiger partial charge in [-0.2, -0.15) is 5.10 Å². The molecule has 1 aliphatic rings. The number of carbonyl (C=O) groups excluding carboxylic acids is 1. The predicted molar refractivity (Wildman–Crippen MR) is 129 cm³/mol. The van der Waals surface area contributed by atoms with E-state index < -0.39 is 22.9 Å². The number of nitrogens with one attached hydrogen (secondary N) is 1. The minimum absolute atomic E-state index is 0.0658. The van der Waals surface area contributed by atoms with Crippen LogP contribution in [0.25, 0.3) is 0 Å². The minimum Gasteiger partial charge on any atom is -0.457 e. The quantitative estimate of drug-likeness (QED) is 0.248. The number of nitrogens with zero attached hydrogens (tertiary/aromatic N) is 3. The van der Waals surface area contributed by atoms with Crippen LogP contribution in [-0.4, -0.2) is 20.6 Å². The number of halogens is 3. The summed E-state index contributed by atoms with van der Waals surface area (Å²) in [5, 5.41) is 18.0. The van der Waals surface area contributed by atoms with Gasteiger partial charge in [-0.15, -0.1) is 0 Å². The van der Waals surface area contributed by atoms with Crippen LogP contribution in [0.2, 0.25) is 0 Å². The average molecular weight is 549 g/mol. The van der Waals surface area contributed by atoms with Gasteiger partial charge in [0.25, 0.3) is 12.1 Å². The lowest BCUT2D eigenvalue weighted by Crippen LogP contribution is -2.21. The van der Waals surface area contributed by atoms with E-state index in [0.717, 1.165) is 29.5 Å². The SMILES string of the molecule is Cc1cc(C)c(C)c(Oc2cc(NC(=O)Cn3nc(C(F)F)c(Br)c3C3CC3)cc([N+](=O)[O-])c2)c1. The van der Waals surface area contributed by atoms with Gasteiger partial charge in [0.05, 0.1) is 26.8 Å². The second kappa shape index (κ2) is 9.73. The van der Waals surface area contributed by atoms with Crippen LogP contribution >= 0.6 is 15.9 Å². The normalized spacial score (nSPS) is 13.2. The molecule has 1 amide bonds. The summed E-state index contributed by atoms with van der Waals surface area (Å²) < 4.78 is 34.1. The molecular weight excluding hydrogens is 526 g/mol. The number of non-ortho nitro benzene ring substituents is 1. The molecule has 1 N–H and O–H groups in total. The summed E-state index contributed by atoms with van der Waals surface area (Å²) in [5.41, 5.74) is 2.91. The summed E-state index contributed by atoms with van der Waals surface area (Å²) in [6.45, 7) is 5.43. The van der Waals surface area contributed by atoms with Gasteiger partial charge in [0.15, 0.2) is 0 Å². The fourth-order valence-electron chi connectivity index (χ4n) is 3.87. The first-order valence-corrected chi connectivity index (χ1v) is 11.7. The van der Waals surface area contributed by atoms with Crippen molar-refractivity contribution < 1.29 is 23.2 Å². The van der Waals surface area contributed by atoms with E-state index in [1.807, 2.05) is 32.9 Å². The molecule has 0 bridgehead atoms. The van der Waals surface area contributed by atoms with Crippen LogP contribution in [0.15, 0.2) is 34.8 Å². The molecule has 3 aromatic rings.